The lowest BCUT2D eigenvalue weighted by Gasteiger charge is -2.41. The first-order chi connectivity index (χ1) is 35.4. The maximum Gasteiger partial charge on any atom is 0.333 e. The quantitative estimate of drug-likeness (QED) is 0.164. The Morgan fingerprint density at radius 1 is 0.306 bits per heavy atom. The minimum Gasteiger partial charge on any atom is -0.374 e. The molecule has 4 aliphatic rings. The van der Waals surface area contributed by atoms with E-state index in [4.69, 9.17) is 0 Å². The Morgan fingerprint density at radius 3 is 1.17 bits per heavy atom. The van der Waals surface area contributed by atoms with Gasteiger partial charge in [-0.2, -0.15) is 0 Å². The topological polar surface area (TPSA) is 16.3 Å². The van der Waals surface area contributed by atoms with Crippen molar-refractivity contribution >= 4 is 103 Å². The molecule has 16 rings (SSSR count). The second kappa shape index (κ2) is 14.4. The van der Waals surface area contributed by atoms with E-state index in [1.165, 1.54) is 144 Å². The van der Waals surface area contributed by atoms with E-state index >= 15 is 0 Å². The Bertz CT molecular complexity index is 4080. The lowest BCUT2D eigenvalue weighted by atomic mass is 9.44. The maximum absolute atomic E-state index is 2.79. The summed E-state index contributed by atoms with van der Waals surface area (Å²) in [6.45, 7) is 8.78. The third-order valence-corrected chi connectivity index (χ3v) is 16.6. The van der Waals surface area contributed by atoms with Crippen molar-refractivity contribution < 1.29 is 0 Å². The zero-order valence-electron chi connectivity index (χ0n) is 40.6. The number of aromatic nitrogens is 2. The Labute approximate surface area is 419 Å². The average molecular weight is 917 g/mol. The van der Waals surface area contributed by atoms with Crippen molar-refractivity contribution in [3.05, 3.63) is 229 Å². The number of hydrogen-bond acceptors (Lipinski definition) is 2. The van der Waals surface area contributed by atoms with Crippen LogP contribution in [0.15, 0.2) is 206 Å². The molecule has 6 heterocycles. The second-order valence-corrected chi connectivity index (χ2v) is 20.6. The third-order valence-electron chi connectivity index (χ3n) is 16.6. The summed E-state index contributed by atoms with van der Waals surface area (Å²) in [6, 6.07) is 78.2. The van der Waals surface area contributed by atoms with Gasteiger partial charge in [-0.15, -0.1) is 0 Å². The molecule has 0 unspecified atom stereocenters. The van der Waals surface area contributed by atoms with Crippen LogP contribution in [-0.4, -0.2) is 22.7 Å². The molecule has 0 N–H and O–H groups in total. The van der Waals surface area contributed by atoms with Crippen molar-refractivity contribution in [3.8, 4) is 44.5 Å². The summed E-state index contributed by atoms with van der Waals surface area (Å²) >= 11 is 0. The van der Waals surface area contributed by atoms with Crippen LogP contribution in [0.4, 0.5) is 34.1 Å². The fourth-order valence-corrected chi connectivity index (χ4v) is 13.8. The first-order valence-corrected chi connectivity index (χ1v) is 25.4. The summed E-state index contributed by atoms with van der Waals surface area (Å²) in [5, 5.41) is 2.57. The average Bonchev–Trinajstić information content (AvgIpc) is 3.94. The molecule has 0 radical (unpaired) electrons. The molecule has 0 saturated carbocycles. The molecule has 6 heteroatoms. The summed E-state index contributed by atoms with van der Waals surface area (Å²) in [6.07, 6.45) is 0. The molecule has 72 heavy (non-hydrogen) atoms. The maximum atomic E-state index is 2.79. The van der Waals surface area contributed by atoms with Crippen molar-refractivity contribution in [2.24, 2.45) is 0 Å². The Kier molecular flexibility index (Phi) is 8.03. The molecule has 12 aromatic rings. The number of anilines is 6. The van der Waals surface area contributed by atoms with Gasteiger partial charge in [0.25, 0.3) is 0 Å². The van der Waals surface area contributed by atoms with Crippen molar-refractivity contribution in [1.29, 1.82) is 0 Å². The van der Waals surface area contributed by atoms with Crippen LogP contribution in [0.3, 0.4) is 0 Å². The smallest absolute Gasteiger partial charge is 0.333 e. The Hall–Kier alpha value is -8.73. The number of rotatable bonds is 4. The van der Waals surface area contributed by atoms with Gasteiger partial charge in [-0.3, -0.25) is 0 Å². The van der Waals surface area contributed by atoms with Gasteiger partial charge in [-0.25, -0.2) is 0 Å². The highest BCUT2D eigenvalue weighted by atomic mass is 15.2. The SMILES string of the molecule is Cc1ccc(C)c(-c2ccc3c4c2-c2cccc5c2n(c2c6cccc7c6n(c52)B2c5ccccc5N(c5ccccc5)c5ccc(-c6cc(C)ccc6C)c-7c52)B4c2ccccc2N3c2ccccc2)c1. The second-order valence-electron chi connectivity index (χ2n) is 20.6. The van der Waals surface area contributed by atoms with Gasteiger partial charge in [0, 0.05) is 67.1 Å². The van der Waals surface area contributed by atoms with E-state index in [1.807, 2.05) is 0 Å². The van der Waals surface area contributed by atoms with Crippen molar-refractivity contribution in [1.82, 2.24) is 8.96 Å². The fraction of sp³-hybridized carbons (Fsp3) is 0.0606. The van der Waals surface area contributed by atoms with Gasteiger partial charge in [0.1, 0.15) is 0 Å². The standard InChI is InChI=1S/C66H46B2N4/c1-39-29-31-41(3)51(37-39)45-33-35-57-61-59(45)47-21-15-23-49-63(47)71(67(61)53-25-11-13-27-55(53)69(57)43-17-7-5-8-18-43)66-50-24-16-22-48-60-46(52-38-40(2)30-32-42(52)4)34-36-58-62(60)68(72(64(48)50)65(49)66)54-26-12-14-28-56(54)70(58)44-19-9-6-10-20-44/h5-38H,1-4H3. The Morgan fingerprint density at radius 2 is 0.722 bits per heavy atom. The van der Waals surface area contributed by atoms with E-state index < -0.39 is 0 Å². The van der Waals surface area contributed by atoms with E-state index in [0.717, 1.165) is 11.4 Å². The van der Waals surface area contributed by atoms with Crippen LogP contribution in [0.1, 0.15) is 22.3 Å². The van der Waals surface area contributed by atoms with Gasteiger partial charge >= 0.3 is 13.7 Å². The van der Waals surface area contributed by atoms with Crippen molar-refractivity contribution in [2.45, 2.75) is 27.7 Å². The van der Waals surface area contributed by atoms with Crippen LogP contribution in [0.25, 0.3) is 77.3 Å². The van der Waals surface area contributed by atoms with Gasteiger partial charge in [0.15, 0.2) is 0 Å². The van der Waals surface area contributed by atoms with Crippen LogP contribution in [0.2, 0.25) is 0 Å². The number of para-hydroxylation sites is 6. The van der Waals surface area contributed by atoms with Crippen LogP contribution in [0.5, 0.6) is 0 Å². The number of aryl methyl sites for hydroxylation is 4. The predicted octanol–water partition coefficient (Wildman–Crippen LogP) is 14.2. The van der Waals surface area contributed by atoms with Crippen molar-refractivity contribution in [3.63, 3.8) is 0 Å². The molecule has 10 aromatic carbocycles. The van der Waals surface area contributed by atoms with Gasteiger partial charge in [0.2, 0.25) is 0 Å². The van der Waals surface area contributed by atoms with Gasteiger partial charge in [-0.1, -0.05) is 169 Å². The third kappa shape index (κ3) is 5.08. The van der Waals surface area contributed by atoms with Crippen LogP contribution in [0, 0.1) is 27.7 Å². The monoisotopic (exact) mass is 916 g/mol. The van der Waals surface area contributed by atoms with Gasteiger partial charge in [-0.05, 0) is 143 Å². The molecule has 0 bridgehead atoms. The minimum absolute atomic E-state index is 0.106. The van der Waals surface area contributed by atoms with Gasteiger partial charge in [0.05, 0.1) is 11.0 Å². The zero-order valence-corrected chi connectivity index (χ0v) is 40.6. The summed E-state index contributed by atoms with van der Waals surface area (Å²) in [5.74, 6) is 0. The summed E-state index contributed by atoms with van der Waals surface area (Å²) in [4.78, 5) is 5.03. The van der Waals surface area contributed by atoms with Crippen LogP contribution >= 0.6 is 0 Å². The number of benzene rings is 10. The molecule has 0 spiro atoms. The molecule has 4 nitrogen and oxygen atoms in total. The lowest BCUT2D eigenvalue weighted by molar-refractivity contribution is 1.25. The highest BCUT2D eigenvalue weighted by Crippen LogP contribution is 2.53. The first-order valence-electron chi connectivity index (χ1n) is 25.4. The summed E-state index contributed by atoms with van der Waals surface area (Å²) in [7, 11) is 0. The summed E-state index contributed by atoms with van der Waals surface area (Å²) < 4.78 is 5.58. The zero-order chi connectivity index (χ0) is 47.7. The molecular formula is C66H46B2N4. The largest absolute Gasteiger partial charge is 0.374 e. The van der Waals surface area contributed by atoms with E-state index in [-0.39, 0.29) is 13.7 Å². The van der Waals surface area contributed by atoms with E-state index in [0.29, 0.717) is 0 Å². The number of fused-ring (bicyclic) bond motifs is 13. The predicted molar refractivity (Wildman–Crippen MR) is 306 cm³/mol. The molecule has 0 amide bonds. The molecule has 0 fully saturated rings. The lowest BCUT2D eigenvalue weighted by Crippen LogP contribution is -2.56. The van der Waals surface area contributed by atoms with E-state index in [2.05, 4.69) is 253 Å². The van der Waals surface area contributed by atoms with Crippen LogP contribution in [-0.2, 0) is 0 Å². The molecule has 0 aliphatic carbocycles. The van der Waals surface area contributed by atoms with Crippen molar-refractivity contribution in [2.75, 3.05) is 9.80 Å². The number of hydrogen-bond donors (Lipinski definition) is 0. The van der Waals surface area contributed by atoms with E-state index in [9.17, 15) is 0 Å². The fourth-order valence-electron chi connectivity index (χ4n) is 13.8. The normalized spacial score (nSPS) is 13.4. The molecule has 336 valence electrons. The molecule has 4 aliphatic heterocycles. The number of nitrogens with zero attached hydrogens (tertiary/aromatic N) is 4. The molecule has 0 saturated heterocycles. The Balaban J connectivity index is 1.09. The highest BCUT2D eigenvalue weighted by Gasteiger charge is 2.48. The van der Waals surface area contributed by atoms with Crippen LogP contribution < -0.4 is 31.7 Å². The molecule has 0 atom stereocenters. The summed E-state index contributed by atoms with van der Waals surface area (Å²) in [5.41, 5.74) is 33.2. The first kappa shape index (κ1) is 40.0. The van der Waals surface area contributed by atoms with E-state index in [1.54, 1.807) is 0 Å². The minimum atomic E-state index is -0.106. The van der Waals surface area contributed by atoms with Gasteiger partial charge < -0.3 is 18.8 Å². The molecular weight excluding hydrogens is 870 g/mol. The molecule has 2 aromatic heterocycles. The highest BCUT2D eigenvalue weighted by molar-refractivity contribution is 6.92.